The quantitative estimate of drug-likeness (QED) is 0.253. The van der Waals surface area contributed by atoms with Crippen molar-refractivity contribution in [1.29, 1.82) is 0 Å². The van der Waals surface area contributed by atoms with Crippen LogP contribution in [0, 0.1) is 17.0 Å². The predicted molar refractivity (Wildman–Crippen MR) is 133 cm³/mol. The van der Waals surface area contributed by atoms with Gasteiger partial charge in [-0.1, -0.05) is 11.6 Å². The van der Waals surface area contributed by atoms with Crippen molar-refractivity contribution in [3.05, 3.63) is 93.5 Å². The lowest BCUT2D eigenvalue weighted by Gasteiger charge is -2.09. The van der Waals surface area contributed by atoms with E-state index in [1.807, 2.05) is 14.0 Å². The number of benzene rings is 2. The maximum Gasteiger partial charge on any atom is 0.276 e. The van der Waals surface area contributed by atoms with Crippen molar-refractivity contribution in [3.8, 4) is 22.8 Å². The summed E-state index contributed by atoms with van der Waals surface area (Å²) < 4.78 is 9.02. The second kappa shape index (κ2) is 9.12. The van der Waals surface area contributed by atoms with E-state index in [0.717, 1.165) is 17.0 Å². The minimum Gasteiger partial charge on any atom is -0.457 e. The minimum atomic E-state index is -0.568. The van der Waals surface area contributed by atoms with Crippen LogP contribution in [0.5, 0.6) is 11.5 Å². The Bertz CT molecular complexity index is 1630. The molecule has 0 fully saturated rings. The van der Waals surface area contributed by atoms with Gasteiger partial charge in [-0.3, -0.25) is 19.6 Å². The van der Waals surface area contributed by atoms with E-state index in [0.29, 0.717) is 16.4 Å². The molecule has 0 aliphatic carbocycles. The molecule has 5 aromatic rings. The number of rotatable bonds is 6. The number of fused-ring (bicyclic) bond motifs is 1. The lowest BCUT2D eigenvalue weighted by atomic mass is 10.2. The van der Waals surface area contributed by atoms with Crippen LogP contribution in [0.4, 0.5) is 11.4 Å². The van der Waals surface area contributed by atoms with Gasteiger partial charge in [0.1, 0.15) is 11.5 Å². The van der Waals surface area contributed by atoms with Crippen molar-refractivity contribution >= 4 is 34.5 Å². The fourth-order valence-electron chi connectivity index (χ4n) is 3.61. The Balaban J connectivity index is 1.45. The highest BCUT2D eigenvalue weighted by Crippen LogP contribution is 2.31. The molecular weight excluding hydrogens is 486 g/mol. The number of hydrogen-bond donors (Lipinski definition) is 1. The molecule has 0 atom stereocenters. The average molecular weight is 504 g/mol. The molecule has 0 spiro atoms. The normalized spacial score (nSPS) is 11.0. The molecule has 0 saturated carbocycles. The molecule has 12 heteroatoms. The Morgan fingerprint density at radius 1 is 1.11 bits per heavy atom. The smallest absolute Gasteiger partial charge is 0.276 e. The number of non-ortho nitro benzene ring substituents is 1. The third-order valence-electron chi connectivity index (χ3n) is 5.51. The Morgan fingerprint density at radius 2 is 1.89 bits per heavy atom. The molecule has 2 aromatic carbocycles. The molecule has 3 heterocycles. The van der Waals surface area contributed by atoms with Crippen LogP contribution in [0.15, 0.2) is 67.0 Å². The average Bonchev–Trinajstić information content (AvgIpc) is 3.44. The van der Waals surface area contributed by atoms with E-state index in [9.17, 15) is 14.9 Å². The van der Waals surface area contributed by atoms with E-state index in [1.54, 1.807) is 51.9 Å². The summed E-state index contributed by atoms with van der Waals surface area (Å²) >= 11 is 5.90. The lowest BCUT2D eigenvalue weighted by molar-refractivity contribution is -0.384. The Kier molecular flexibility index (Phi) is 5.82. The minimum absolute atomic E-state index is 0.0863. The van der Waals surface area contributed by atoms with Gasteiger partial charge in [-0.25, -0.2) is 9.50 Å². The summed E-state index contributed by atoms with van der Waals surface area (Å²) in [6.45, 7) is 1.93. The summed E-state index contributed by atoms with van der Waals surface area (Å²) in [4.78, 5) is 28.2. The van der Waals surface area contributed by atoms with Gasteiger partial charge in [-0.15, -0.1) is 0 Å². The van der Waals surface area contributed by atoms with Gasteiger partial charge in [0, 0.05) is 47.7 Å². The van der Waals surface area contributed by atoms with E-state index in [1.165, 1.54) is 24.3 Å². The van der Waals surface area contributed by atoms with Crippen molar-refractivity contribution in [2.75, 3.05) is 5.32 Å². The molecule has 0 unspecified atom stereocenters. The summed E-state index contributed by atoms with van der Waals surface area (Å²) in [5, 5.41) is 23.3. The van der Waals surface area contributed by atoms with E-state index in [2.05, 4.69) is 20.5 Å². The zero-order valence-electron chi connectivity index (χ0n) is 19.0. The SMILES string of the molecule is Cc1c(-c2ccnc3cc(C(=O)Nc4cc(Oc5ccc(Cl)cc5)cc([N+](=O)[O-])c4)nn23)cnn1C. The van der Waals surface area contributed by atoms with Gasteiger partial charge >= 0.3 is 0 Å². The molecule has 5 rings (SSSR count). The maximum absolute atomic E-state index is 13.0. The number of anilines is 1. The zero-order valence-corrected chi connectivity index (χ0v) is 19.8. The van der Waals surface area contributed by atoms with Crippen LogP contribution in [-0.2, 0) is 7.05 Å². The topological polar surface area (TPSA) is 129 Å². The molecule has 0 saturated heterocycles. The fraction of sp³-hybridized carbons (Fsp3) is 0.0833. The number of amides is 1. The number of carbonyl (C=O) groups is 1. The fourth-order valence-corrected chi connectivity index (χ4v) is 3.74. The van der Waals surface area contributed by atoms with E-state index >= 15 is 0 Å². The first-order chi connectivity index (χ1) is 17.3. The highest BCUT2D eigenvalue weighted by molar-refractivity contribution is 6.30. The van der Waals surface area contributed by atoms with Crippen molar-refractivity contribution in [1.82, 2.24) is 24.4 Å². The molecule has 1 N–H and O–H groups in total. The van der Waals surface area contributed by atoms with Crippen LogP contribution in [0.1, 0.15) is 16.2 Å². The highest BCUT2D eigenvalue weighted by atomic mass is 35.5. The number of aromatic nitrogens is 5. The van der Waals surface area contributed by atoms with Crippen molar-refractivity contribution in [3.63, 3.8) is 0 Å². The van der Waals surface area contributed by atoms with Gasteiger partial charge in [-0.05, 0) is 37.3 Å². The number of nitrogens with one attached hydrogen (secondary N) is 1. The van der Waals surface area contributed by atoms with Crippen LogP contribution in [0.3, 0.4) is 0 Å². The Morgan fingerprint density at radius 3 is 2.58 bits per heavy atom. The first-order valence-electron chi connectivity index (χ1n) is 10.7. The van der Waals surface area contributed by atoms with Crippen LogP contribution in [0.2, 0.25) is 5.02 Å². The highest BCUT2D eigenvalue weighted by Gasteiger charge is 2.18. The van der Waals surface area contributed by atoms with E-state index in [-0.39, 0.29) is 22.8 Å². The van der Waals surface area contributed by atoms with Gasteiger partial charge in [0.25, 0.3) is 11.6 Å². The number of nitro groups is 1. The Labute approximate surface area is 209 Å². The number of nitro benzene ring substituents is 1. The molecule has 0 aliphatic heterocycles. The number of nitrogens with zero attached hydrogens (tertiary/aromatic N) is 6. The number of halogens is 1. The molecule has 1 amide bonds. The molecular formula is C24H18ClN7O4. The van der Waals surface area contributed by atoms with Crippen LogP contribution >= 0.6 is 11.6 Å². The third-order valence-corrected chi connectivity index (χ3v) is 5.76. The van der Waals surface area contributed by atoms with Gasteiger partial charge < -0.3 is 10.1 Å². The van der Waals surface area contributed by atoms with Crippen LogP contribution < -0.4 is 10.1 Å². The molecule has 36 heavy (non-hydrogen) atoms. The molecule has 0 radical (unpaired) electrons. The largest absolute Gasteiger partial charge is 0.457 e. The summed E-state index contributed by atoms with van der Waals surface area (Å²) in [6, 6.07) is 13.8. The summed E-state index contributed by atoms with van der Waals surface area (Å²) in [5.74, 6) is 0.0435. The number of hydrogen-bond acceptors (Lipinski definition) is 7. The first kappa shape index (κ1) is 23.0. The van der Waals surface area contributed by atoms with Crippen molar-refractivity contribution in [2.45, 2.75) is 6.92 Å². The van der Waals surface area contributed by atoms with Crippen molar-refractivity contribution < 1.29 is 14.5 Å². The van der Waals surface area contributed by atoms with Crippen molar-refractivity contribution in [2.24, 2.45) is 7.05 Å². The van der Waals surface area contributed by atoms with E-state index in [4.69, 9.17) is 16.3 Å². The van der Waals surface area contributed by atoms with Gasteiger partial charge in [-0.2, -0.15) is 10.2 Å². The zero-order chi connectivity index (χ0) is 25.4. The van der Waals surface area contributed by atoms with Gasteiger partial charge in [0.2, 0.25) is 0 Å². The summed E-state index contributed by atoms with van der Waals surface area (Å²) in [7, 11) is 1.84. The molecule has 0 aliphatic rings. The molecule has 0 bridgehead atoms. The monoisotopic (exact) mass is 503 g/mol. The predicted octanol–water partition coefficient (Wildman–Crippen LogP) is 5.04. The second-order valence-electron chi connectivity index (χ2n) is 7.88. The molecule has 11 nitrogen and oxygen atoms in total. The Hall–Kier alpha value is -4.77. The van der Waals surface area contributed by atoms with Gasteiger partial charge in [0.15, 0.2) is 11.3 Å². The third kappa shape index (κ3) is 4.46. The van der Waals surface area contributed by atoms with Gasteiger partial charge in [0.05, 0.1) is 28.6 Å². The number of carbonyl (C=O) groups excluding carboxylic acids is 1. The van der Waals surface area contributed by atoms with Crippen LogP contribution in [0.25, 0.3) is 16.9 Å². The molecule has 3 aromatic heterocycles. The standard InChI is InChI=1S/C24H18ClN7O4/c1-14-20(13-27-30(14)2)22-7-8-26-23-12-21(29-31(22)23)24(33)28-16-9-17(32(34)35)11-19(10-16)36-18-5-3-15(25)4-6-18/h3-13H,1-2H3,(H,28,33). The number of ether oxygens (including phenoxy) is 1. The maximum atomic E-state index is 13.0. The second-order valence-corrected chi connectivity index (χ2v) is 8.32. The van der Waals surface area contributed by atoms with E-state index < -0.39 is 10.8 Å². The summed E-state index contributed by atoms with van der Waals surface area (Å²) in [5.41, 5.74) is 2.97. The molecule has 180 valence electrons. The lowest BCUT2D eigenvalue weighted by Crippen LogP contribution is -2.13. The summed E-state index contributed by atoms with van der Waals surface area (Å²) in [6.07, 6.45) is 3.35. The first-order valence-corrected chi connectivity index (χ1v) is 11.0. The van der Waals surface area contributed by atoms with Crippen LogP contribution in [-0.4, -0.2) is 35.2 Å². The number of aryl methyl sites for hydroxylation is 1.